The van der Waals surface area contributed by atoms with E-state index in [2.05, 4.69) is 31.5 Å². The molecule has 0 aliphatic rings. The number of hydrogen-bond donors (Lipinski definition) is 2. The first kappa shape index (κ1) is 14.7. The minimum absolute atomic E-state index is 0.192. The predicted molar refractivity (Wildman–Crippen MR) is 79.3 cm³/mol. The van der Waals surface area contributed by atoms with Crippen LogP contribution in [0.1, 0.15) is 22.5 Å². The Hall–Kier alpha value is -1.66. The summed E-state index contributed by atoms with van der Waals surface area (Å²) in [5.41, 5.74) is 1.15. The SMILES string of the molecule is O=C(NCCCNCc1cccnc1)c1ccc(Br)o1. The number of aromatic nitrogens is 1. The monoisotopic (exact) mass is 337 g/mol. The Morgan fingerprint density at radius 1 is 1.30 bits per heavy atom. The van der Waals surface area contributed by atoms with E-state index in [1.807, 2.05) is 18.3 Å². The molecule has 2 aromatic heterocycles. The molecule has 0 fully saturated rings. The van der Waals surface area contributed by atoms with Crippen molar-refractivity contribution in [1.29, 1.82) is 0 Å². The van der Waals surface area contributed by atoms with Crippen molar-refractivity contribution in [3.63, 3.8) is 0 Å². The van der Waals surface area contributed by atoms with Crippen LogP contribution in [-0.2, 0) is 6.54 Å². The first-order valence-corrected chi connectivity index (χ1v) is 7.18. The molecule has 2 rings (SSSR count). The molecule has 0 saturated heterocycles. The van der Waals surface area contributed by atoms with Crippen molar-refractivity contribution in [2.45, 2.75) is 13.0 Å². The molecule has 0 bridgehead atoms. The largest absolute Gasteiger partial charge is 0.444 e. The van der Waals surface area contributed by atoms with Crippen LogP contribution in [0.4, 0.5) is 0 Å². The highest BCUT2D eigenvalue weighted by Crippen LogP contribution is 2.13. The van der Waals surface area contributed by atoms with Crippen LogP contribution in [0.2, 0.25) is 0 Å². The minimum atomic E-state index is -0.192. The van der Waals surface area contributed by atoms with E-state index in [1.165, 1.54) is 0 Å². The molecule has 0 aliphatic heterocycles. The van der Waals surface area contributed by atoms with E-state index in [9.17, 15) is 4.79 Å². The van der Waals surface area contributed by atoms with Crippen molar-refractivity contribution in [2.24, 2.45) is 0 Å². The molecule has 2 heterocycles. The van der Waals surface area contributed by atoms with E-state index < -0.39 is 0 Å². The summed E-state index contributed by atoms with van der Waals surface area (Å²) in [6, 6.07) is 7.28. The van der Waals surface area contributed by atoms with Crippen molar-refractivity contribution >= 4 is 21.8 Å². The number of carbonyl (C=O) groups is 1. The Bertz CT molecular complexity index is 542. The Labute approximate surface area is 125 Å². The lowest BCUT2D eigenvalue weighted by molar-refractivity contribution is 0.0924. The summed E-state index contributed by atoms with van der Waals surface area (Å²) < 4.78 is 5.72. The van der Waals surface area contributed by atoms with Gasteiger partial charge < -0.3 is 15.1 Å². The molecule has 0 atom stereocenters. The van der Waals surface area contributed by atoms with Gasteiger partial charge in [0.25, 0.3) is 5.91 Å². The van der Waals surface area contributed by atoms with Crippen molar-refractivity contribution in [3.8, 4) is 0 Å². The summed E-state index contributed by atoms with van der Waals surface area (Å²) in [5.74, 6) is 0.128. The summed E-state index contributed by atoms with van der Waals surface area (Å²) >= 11 is 3.16. The van der Waals surface area contributed by atoms with Crippen LogP contribution >= 0.6 is 15.9 Å². The van der Waals surface area contributed by atoms with Crippen molar-refractivity contribution in [3.05, 3.63) is 52.7 Å². The second-order valence-electron chi connectivity index (χ2n) is 4.25. The van der Waals surface area contributed by atoms with Crippen LogP contribution in [0.25, 0.3) is 0 Å². The molecule has 20 heavy (non-hydrogen) atoms. The zero-order valence-corrected chi connectivity index (χ0v) is 12.5. The van der Waals surface area contributed by atoms with Gasteiger partial charge in [0.05, 0.1) is 0 Å². The Morgan fingerprint density at radius 2 is 2.20 bits per heavy atom. The summed E-state index contributed by atoms with van der Waals surface area (Å²) in [7, 11) is 0. The maximum absolute atomic E-state index is 11.7. The summed E-state index contributed by atoms with van der Waals surface area (Å²) in [4.78, 5) is 15.7. The Morgan fingerprint density at radius 3 is 2.90 bits per heavy atom. The number of rotatable bonds is 7. The molecule has 1 amide bonds. The van der Waals surface area contributed by atoms with Gasteiger partial charge in [0.1, 0.15) is 0 Å². The van der Waals surface area contributed by atoms with E-state index in [0.29, 0.717) is 17.0 Å². The highest BCUT2D eigenvalue weighted by atomic mass is 79.9. The quantitative estimate of drug-likeness (QED) is 0.761. The molecule has 2 N–H and O–H groups in total. The van der Waals surface area contributed by atoms with Crippen LogP contribution in [0.15, 0.2) is 45.7 Å². The van der Waals surface area contributed by atoms with E-state index in [4.69, 9.17) is 4.42 Å². The molecule has 0 radical (unpaired) electrons. The van der Waals surface area contributed by atoms with Gasteiger partial charge in [0.15, 0.2) is 10.4 Å². The predicted octanol–water partition coefficient (Wildman–Crippen LogP) is 2.35. The van der Waals surface area contributed by atoms with Gasteiger partial charge in [-0.25, -0.2) is 0 Å². The zero-order valence-electron chi connectivity index (χ0n) is 10.9. The molecule has 2 aromatic rings. The van der Waals surface area contributed by atoms with Gasteiger partial charge in [-0.1, -0.05) is 6.07 Å². The lowest BCUT2D eigenvalue weighted by atomic mass is 10.3. The highest BCUT2D eigenvalue weighted by Gasteiger charge is 2.08. The summed E-state index contributed by atoms with van der Waals surface area (Å²) in [6.45, 7) is 2.22. The van der Waals surface area contributed by atoms with E-state index in [1.54, 1.807) is 18.3 Å². The first-order valence-electron chi connectivity index (χ1n) is 6.39. The zero-order chi connectivity index (χ0) is 14.2. The normalized spacial score (nSPS) is 10.4. The Balaban J connectivity index is 1.57. The van der Waals surface area contributed by atoms with Crippen LogP contribution in [0, 0.1) is 0 Å². The number of amides is 1. The third-order valence-electron chi connectivity index (χ3n) is 2.66. The maximum Gasteiger partial charge on any atom is 0.287 e. The minimum Gasteiger partial charge on any atom is -0.444 e. The van der Waals surface area contributed by atoms with Crippen LogP contribution in [-0.4, -0.2) is 24.0 Å². The van der Waals surface area contributed by atoms with Gasteiger partial charge in [-0.05, 0) is 52.7 Å². The van der Waals surface area contributed by atoms with Crippen LogP contribution in [0.5, 0.6) is 0 Å². The van der Waals surface area contributed by atoms with E-state index in [0.717, 1.165) is 25.1 Å². The molecule has 0 spiro atoms. The average Bonchev–Trinajstić information content (AvgIpc) is 2.90. The van der Waals surface area contributed by atoms with Crippen molar-refractivity contribution < 1.29 is 9.21 Å². The number of nitrogens with zero attached hydrogens (tertiary/aromatic N) is 1. The van der Waals surface area contributed by atoms with Crippen molar-refractivity contribution in [2.75, 3.05) is 13.1 Å². The molecule has 0 saturated carbocycles. The molecule has 0 unspecified atom stereocenters. The van der Waals surface area contributed by atoms with Gasteiger partial charge in [0, 0.05) is 25.5 Å². The topological polar surface area (TPSA) is 67.2 Å². The van der Waals surface area contributed by atoms with Crippen LogP contribution in [0.3, 0.4) is 0 Å². The van der Waals surface area contributed by atoms with Crippen LogP contribution < -0.4 is 10.6 Å². The molecule has 0 aromatic carbocycles. The molecule has 106 valence electrons. The van der Waals surface area contributed by atoms with E-state index in [-0.39, 0.29) is 5.91 Å². The third kappa shape index (κ3) is 4.79. The number of nitrogens with one attached hydrogen (secondary N) is 2. The molecule has 5 nitrogen and oxygen atoms in total. The van der Waals surface area contributed by atoms with Crippen molar-refractivity contribution in [1.82, 2.24) is 15.6 Å². The van der Waals surface area contributed by atoms with E-state index >= 15 is 0 Å². The van der Waals surface area contributed by atoms with Gasteiger partial charge >= 0.3 is 0 Å². The molecule has 0 aliphatic carbocycles. The lowest BCUT2D eigenvalue weighted by Gasteiger charge is -2.05. The van der Waals surface area contributed by atoms with Gasteiger partial charge in [-0.2, -0.15) is 0 Å². The number of hydrogen-bond acceptors (Lipinski definition) is 4. The number of halogens is 1. The average molecular weight is 338 g/mol. The van der Waals surface area contributed by atoms with Gasteiger partial charge in [-0.3, -0.25) is 9.78 Å². The fraction of sp³-hybridized carbons (Fsp3) is 0.286. The lowest BCUT2D eigenvalue weighted by Crippen LogP contribution is -2.26. The molecule has 6 heteroatoms. The van der Waals surface area contributed by atoms with Gasteiger partial charge in [-0.15, -0.1) is 0 Å². The summed E-state index contributed by atoms with van der Waals surface area (Å²) in [6.07, 6.45) is 4.45. The standard InChI is InChI=1S/C14H16BrN3O2/c15-13-5-4-12(20-13)14(19)18-8-2-7-17-10-11-3-1-6-16-9-11/h1,3-6,9,17H,2,7-8,10H2,(H,18,19). The van der Waals surface area contributed by atoms with Gasteiger partial charge in [0.2, 0.25) is 0 Å². The smallest absolute Gasteiger partial charge is 0.287 e. The number of carbonyl (C=O) groups excluding carboxylic acids is 1. The molecular weight excluding hydrogens is 322 g/mol. The summed E-state index contributed by atoms with van der Waals surface area (Å²) in [5, 5.41) is 6.10. The first-order chi connectivity index (χ1) is 9.75. The maximum atomic E-state index is 11.7. The second kappa shape index (κ2) is 7.81. The number of pyridine rings is 1. The third-order valence-corrected chi connectivity index (χ3v) is 3.09. The number of furan rings is 1. The fourth-order valence-corrected chi connectivity index (χ4v) is 1.98. The second-order valence-corrected chi connectivity index (χ2v) is 5.03. The highest BCUT2D eigenvalue weighted by molar-refractivity contribution is 9.10. The Kier molecular flexibility index (Phi) is 5.76. The molecular formula is C14H16BrN3O2. The fourth-order valence-electron chi connectivity index (χ4n) is 1.67.